The third-order valence-corrected chi connectivity index (χ3v) is 2.70. The number of halogens is 2. The summed E-state index contributed by atoms with van der Waals surface area (Å²) in [6.45, 7) is 0.635. The van der Waals surface area contributed by atoms with Crippen LogP contribution in [0.5, 0.6) is 0 Å². The van der Waals surface area contributed by atoms with E-state index in [2.05, 4.69) is 0 Å². The van der Waals surface area contributed by atoms with Crippen molar-refractivity contribution in [2.75, 3.05) is 6.54 Å². The average molecular weight is 232 g/mol. The maximum Gasteiger partial charge on any atom is 0.122 e. The molecule has 14 heavy (non-hydrogen) atoms. The molecule has 1 aromatic rings. The fourth-order valence-electron chi connectivity index (χ4n) is 1.34. The molecule has 1 aromatic carbocycles. The van der Waals surface area contributed by atoms with Crippen LogP contribution in [-0.2, 0) is 6.42 Å². The number of hydrogen-bond donors (Lipinski definition) is 1. The lowest BCUT2D eigenvalue weighted by atomic mass is 10.1. The van der Waals surface area contributed by atoms with Gasteiger partial charge in [0.25, 0.3) is 0 Å². The Labute approximate surface area is 95.2 Å². The summed E-state index contributed by atoms with van der Waals surface area (Å²) >= 11 is 12.3. The highest BCUT2D eigenvalue weighted by Gasteiger charge is 2.23. The van der Waals surface area contributed by atoms with Crippen LogP contribution in [0.3, 0.4) is 0 Å². The van der Waals surface area contributed by atoms with Gasteiger partial charge in [0, 0.05) is 6.42 Å². The molecule has 0 aromatic heterocycles. The lowest BCUT2D eigenvalue weighted by Crippen LogP contribution is -2.18. The predicted molar refractivity (Wildman–Crippen MR) is 62.9 cm³/mol. The van der Waals surface area contributed by atoms with Gasteiger partial charge < -0.3 is 5.73 Å². The number of alkyl halides is 2. The van der Waals surface area contributed by atoms with Gasteiger partial charge in [-0.25, -0.2) is 0 Å². The first kappa shape index (κ1) is 11.8. The summed E-state index contributed by atoms with van der Waals surface area (Å²) in [5.41, 5.74) is 6.57. The zero-order valence-corrected chi connectivity index (χ0v) is 9.56. The van der Waals surface area contributed by atoms with E-state index in [1.54, 1.807) is 0 Å². The normalized spacial score (nSPS) is 11.6. The van der Waals surface area contributed by atoms with Gasteiger partial charge in [-0.1, -0.05) is 30.3 Å². The molecule has 0 saturated carbocycles. The highest BCUT2D eigenvalue weighted by Crippen LogP contribution is 2.30. The van der Waals surface area contributed by atoms with Crippen molar-refractivity contribution < 1.29 is 0 Å². The summed E-state index contributed by atoms with van der Waals surface area (Å²) in [4.78, 5) is 0. The van der Waals surface area contributed by atoms with Crippen molar-refractivity contribution in [2.24, 2.45) is 5.73 Å². The third kappa shape index (κ3) is 4.32. The first-order valence-corrected chi connectivity index (χ1v) is 5.51. The molecule has 1 rings (SSSR count). The lowest BCUT2D eigenvalue weighted by molar-refractivity contribution is 0.648. The molecule has 0 aliphatic carbocycles. The molecule has 0 amide bonds. The summed E-state index contributed by atoms with van der Waals surface area (Å²) in [6.07, 6.45) is 2.28. The maximum absolute atomic E-state index is 6.16. The van der Waals surface area contributed by atoms with Crippen LogP contribution in [0.2, 0.25) is 0 Å². The van der Waals surface area contributed by atoms with Crippen molar-refractivity contribution in [2.45, 2.75) is 23.6 Å². The Balaban J connectivity index is 2.50. The van der Waals surface area contributed by atoms with Gasteiger partial charge in [0.2, 0.25) is 0 Å². The molecule has 0 fully saturated rings. The van der Waals surface area contributed by atoms with E-state index in [1.807, 2.05) is 30.3 Å². The van der Waals surface area contributed by atoms with Gasteiger partial charge in [-0.2, -0.15) is 0 Å². The second-order valence-electron chi connectivity index (χ2n) is 3.41. The van der Waals surface area contributed by atoms with Crippen LogP contribution >= 0.6 is 23.2 Å². The minimum absolute atomic E-state index is 0.635. The van der Waals surface area contributed by atoms with Crippen LogP contribution < -0.4 is 5.73 Å². The van der Waals surface area contributed by atoms with Crippen LogP contribution in [0.25, 0.3) is 0 Å². The van der Waals surface area contributed by atoms with Crippen LogP contribution in [0.15, 0.2) is 30.3 Å². The van der Waals surface area contributed by atoms with Crippen LogP contribution in [0, 0.1) is 0 Å². The summed E-state index contributed by atoms with van der Waals surface area (Å²) in [7, 11) is 0. The van der Waals surface area contributed by atoms with Gasteiger partial charge in [-0.3, -0.25) is 0 Å². The second-order valence-corrected chi connectivity index (χ2v) is 5.05. The van der Waals surface area contributed by atoms with E-state index in [-0.39, 0.29) is 0 Å². The van der Waals surface area contributed by atoms with E-state index in [4.69, 9.17) is 28.9 Å². The first-order chi connectivity index (χ1) is 6.64. The molecule has 0 bridgehead atoms. The average Bonchev–Trinajstić information content (AvgIpc) is 2.16. The maximum atomic E-state index is 6.16. The predicted octanol–water partition coefficient (Wildman–Crippen LogP) is 3.14. The molecule has 0 atom stereocenters. The molecule has 0 radical (unpaired) electrons. The Morgan fingerprint density at radius 2 is 1.79 bits per heavy atom. The van der Waals surface area contributed by atoms with Crippen molar-refractivity contribution in [3.05, 3.63) is 35.9 Å². The minimum Gasteiger partial charge on any atom is -0.330 e. The Morgan fingerprint density at radius 3 is 2.36 bits per heavy atom. The minimum atomic E-state index is -0.680. The number of nitrogens with two attached hydrogens (primary N) is 1. The lowest BCUT2D eigenvalue weighted by Gasteiger charge is -2.18. The topological polar surface area (TPSA) is 26.0 Å². The largest absolute Gasteiger partial charge is 0.330 e. The zero-order chi connectivity index (χ0) is 10.4. The molecular weight excluding hydrogens is 217 g/mol. The molecule has 0 heterocycles. The monoisotopic (exact) mass is 231 g/mol. The molecule has 0 aliphatic rings. The van der Waals surface area contributed by atoms with Gasteiger partial charge >= 0.3 is 0 Å². The summed E-state index contributed by atoms with van der Waals surface area (Å²) in [6, 6.07) is 10.0. The second kappa shape index (κ2) is 5.59. The summed E-state index contributed by atoms with van der Waals surface area (Å²) < 4.78 is -0.680. The molecule has 0 saturated heterocycles. The van der Waals surface area contributed by atoms with Gasteiger partial charge in [0.1, 0.15) is 4.33 Å². The van der Waals surface area contributed by atoms with Crippen LogP contribution in [0.1, 0.15) is 18.4 Å². The molecule has 2 N–H and O–H groups in total. The van der Waals surface area contributed by atoms with E-state index in [0.717, 1.165) is 18.4 Å². The van der Waals surface area contributed by atoms with Crippen molar-refractivity contribution in [3.63, 3.8) is 0 Å². The highest BCUT2D eigenvalue weighted by atomic mass is 35.5. The highest BCUT2D eigenvalue weighted by molar-refractivity contribution is 6.48. The van der Waals surface area contributed by atoms with Crippen molar-refractivity contribution in [1.29, 1.82) is 0 Å². The van der Waals surface area contributed by atoms with E-state index in [9.17, 15) is 0 Å². The van der Waals surface area contributed by atoms with Crippen molar-refractivity contribution in [1.82, 2.24) is 0 Å². The molecule has 0 aliphatic heterocycles. The summed E-state index contributed by atoms with van der Waals surface area (Å²) in [5, 5.41) is 0. The Bertz CT molecular complexity index is 259. The SMILES string of the molecule is NCCCC(Cl)(Cl)Cc1ccccc1. The molecule has 0 spiro atoms. The number of hydrogen-bond acceptors (Lipinski definition) is 1. The Kier molecular flexibility index (Phi) is 4.73. The fraction of sp³-hybridized carbons (Fsp3) is 0.455. The van der Waals surface area contributed by atoms with E-state index < -0.39 is 4.33 Å². The quantitative estimate of drug-likeness (QED) is 0.775. The Hall–Kier alpha value is -0.240. The smallest absolute Gasteiger partial charge is 0.122 e. The summed E-state index contributed by atoms with van der Waals surface area (Å²) in [5.74, 6) is 0. The van der Waals surface area contributed by atoms with E-state index in [1.165, 1.54) is 0 Å². The number of rotatable bonds is 5. The molecule has 1 nitrogen and oxygen atoms in total. The van der Waals surface area contributed by atoms with Crippen molar-refractivity contribution in [3.8, 4) is 0 Å². The third-order valence-electron chi connectivity index (χ3n) is 2.05. The molecule has 3 heteroatoms. The Morgan fingerprint density at radius 1 is 1.14 bits per heavy atom. The first-order valence-electron chi connectivity index (χ1n) is 4.76. The van der Waals surface area contributed by atoms with E-state index >= 15 is 0 Å². The molecule has 0 unspecified atom stereocenters. The molecular formula is C11H15Cl2N. The van der Waals surface area contributed by atoms with Crippen molar-refractivity contribution >= 4 is 23.2 Å². The van der Waals surface area contributed by atoms with Gasteiger partial charge in [-0.15, -0.1) is 23.2 Å². The molecule has 78 valence electrons. The fourth-order valence-corrected chi connectivity index (χ4v) is 1.92. The standard InChI is InChI=1S/C11H15Cl2N/c12-11(13,7-4-8-14)9-10-5-2-1-3-6-10/h1-3,5-6H,4,7-9,14H2. The van der Waals surface area contributed by atoms with Gasteiger partial charge in [0.05, 0.1) is 0 Å². The van der Waals surface area contributed by atoms with E-state index in [0.29, 0.717) is 13.0 Å². The van der Waals surface area contributed by atoms with Crippen LogP contribution in [-0.4, -0.2) is 10.9 Å². The van der Waals surface area contributed by atoms with Crippen LogP contribution in [0.4, 0.5) is 0 Å². The van der Waals surface area contributed by atoms with Gasteiger partial charge in [-0.05, 0) is 24.9 Å². The number of benzene rings is 1. The zero-order valence-electron chi connectivity index (χ0n) is 8.05. The van der Waals surface area contributed by atoms with Gasteiger partial charge in [0.15, 0.2) is 0 Å².